The number of carbonyl (C=O) groups is 1. The SMILES string of the molecule is CS(=O)(=O)Nc1ccn(C(=O)N2CCC3(CCCN3Cc3cc(N4CCOCC4)cc(C(F)(F)F)c3)CC2)n1. The summed E-state index contributed by atoms with van der Waals surface area (Å²) >= 11 is 0. The molecule has 5 rings (SSSR count). The van der Waals surface area contributed by atoms with Crippen molar-refractivity contribution in [1.82, 2.24) is 19.6 Å². The number of hydrogen-bond acceptors (Lipinski definition) is 7. The van der Waals surface area contributed by atoms with Gasteiger partial charge >= 0.3 is 12.2 Å². The van der Waals surface area contributed by atoms with Gasteiger partial charge in [-0.25, -0.2) is 13.2 Å². The number of benzene rings is 1. The van der Waals surface area contributed by atoms with Crippen LogP contribution in [-0.4, -0.2) is 91.8 Å². The molecule has 0 unspecified atom stereocenters. The molecule has 10 nitrogen and oxygen atoms in total. The van der Waals surface area contributed by atoms with Crippen molar-refractivity contribution in [1.29, 1.82) is 0 Å². The third kappa shape index (κ3) is 6.33. The first kappa shape index (κ1) is 27.7. The van der Waals surface area contributed by atoms with Gasteiger partial charge in [-0.3, -0.25) is 9.62 Å². The van der Waals surface area contributed by atoms with E-state index >= 15 is 0 Å². The number of halogens is 3. The molecule has 4 heterocycles. The highest BCUT2D eigenvalue weighted by Crippen LogP contribution is 2.41. The van der Waals surface area contributed by atoms with Gasteiger partial charge in [0.05, 0.1) is 25.0 Å². The molecular formula is C25H33F3N6O4S. The van der Waals surface area contributed by atoms with Crippen molar-refractivity contribution in [3.8, 4) is 0 Å². The number of aromatic nitrogens is 2. The molecule has 1 N–H and O–H groups in total. The fourth-order valence-corrected chi connectivity index (χ4v) is 6.38. The molecule has 3 aliphatic heterocycles. The molecule has 3 saturated heterocycles. The number of morpholine rings is 1. The van der Waals surface area contributed by atoms with Crippen LogP contribution in [0.2, 0.25) is 0 Å². The summed E-state index contributed by atoms with van der Waals surface area (Å²) in [6.07, 6.45) is 1.26. The number of sulfonamides is 1. The molecule has 1 aromatic heterocycles. The largest absolute Gasteiger partial charge is 0.416 e. The number of piperidine rings is 1. The van der Waals surface area contributed by atoms with Crippen LogP contribution < -0.4 is 9.62 Å². The van der Waals surface area contributed by atoms with Crippen LogP contribution in [0.3, 0.4) is 0 Å². The van der Waals surface area contributed by atoms with E-state index in [1.54, 1.807) is 4.90 Å². The Morgan fingerprint density at radius 1 is 1.08 bits per heavy atom. The van der Waals surface area contributed by atoms with Gasteiger partial charge in [0.25, 0.3) is 0 Å². The molecular weight excluding hydrogens is 537 g/mol. The maximum absolute atomic E-state index is 13.8. The van der Waals surface area contributed by atoms with Gasteiger partial charge in [-0.15, -0.1) is 5.10 Å². The molecule has 0 radical (unpaired) electrons. The van der Waals surface area contributed by atoms with Crippen LogP contribution in [-0.2, 0) is 27.5 Å². The highest BCUT2D eigenvalue weighted by Gasteiger charge is 2.44. The van der Waals surface area contributed by atoms with Gasteiger partial charge in [0.2, 0.25) is 10.0 Å². The van der Waals surface area contributed by atoms with Gasteiger partial charge < -0.3 is 14.5 Å². The first-order valence-electron chi connectivity index (χ1n) is 13.0. The van der Waals surface area contributed by atoms with Crippen LogP contribution in [0.4, 0.5) is 29.5 Å². The number of ether oxygens (including phenoxy) is 1. The number of amides is 1. The zero-order valence-corrected chi connectivity index (χ0v) is 22.6. The Hall–Kier alpha value is -2.84. The van der Waals surface area contributed by atoms with E-state index in [0.717, 1.165) is 30.3 Å². The summed E-state index contributed by atoms with van der Waals surface area (Å²) in [6, 6.07) is 5.43. The molecule has 2 aromatic rings. The minimum atomic E-state index is -4.44. The second-order valence-corrected chi connectivity index (χ2v) is 12.3. The van der Waals surface area contributed by atoms with E-state index in [1.807, 2.05) is 11.0 Å². The van der Waals surface area contributed by atoms with E-state index in [0.29, 0.717) is 70.0 Å². The van der Waals surface area contributed by atoms with Gasteiger partial charge in [-0.1, -0.05) is 0 Å². The first-order chi connectivity index (χ1) is 18.4. The smallest absolute Gasteiger partial charge is 0.378 e. The third-order valence-corrected chi connectivity index (χ3v) is 8.42. The van der Waals surface area contributed by atoms with Crippen molar-refractivity contribution in [3.05, 3.63) is 41.6 Å². The number of rotatable bonds is 5. The Labute approximate surface area is 225 Å². The summed E-state index contributed by atoms with van der Waals surface area (Å²) in [4.78, 5) is 18.9. The Bertz CT molecular complexity index is 1300. The van der Waals surface area contributed by atoms with Crippen LogP contribution >= 0.6 is 0 Å². The lowest BCUT2D eigenvalue weighted by Gasteiger charge is -2.45. The van der Waals surface area contributed by atoms with Crippen molar-refractivity contribution in [2.45, 2.75) is 43.9 Å². The Morgan fingerprint density at radius 2 is 1.79 bits per heavy atom. The summed E-state index contributed by atoms with van der Waals surface area (Å²) in [6.45, 7) is 4.25. The molecule has 3 fully saturated rings. The second-order valence-electron chi connectivity index (χ2n) is 10.5. The lowest BCUT2D eigenvalue weighted by molar-refractivity contribution is -0.137. The quantitative estimate of drug-likeness (QED) is 0.590. The molecule has 1 aromatic carbocycles. The van der Waals surface area contributed by atoms with Crippen molar-refractivity contribution in [2.24, 2.45) is 0 Å². The predicted molar refractivity (Wildman–Crippen MR) is 139 cm³/mol. The van der Waals surface area contributed by atoms with E-state index in [2.05, 4.69) is 14.7 Å². The molecule has 1 spiro atoms. The number of hydrogen-bond donors (Lipinski definition) is 1. The van der Waals surface area contributed by atoms with Gasteiger partial charge in [0, 0.05) is 56.2 Å². The van der Waals surface area contributed by atoms with Crippen LogP contribution in [0.1, 0.15) is 36.8 Å². The summed E-state index contributed by atoms with van der Waals surface area (Å²) < 4.78 is 72.9. The Kier molecular flexibility index (Phi) is 7.55. The van der Waals surface area contributed by atoms with Crippen molar-refractivity contribution in [2.75, 3.05) is 61.8 Å². The van der Waals surface area contributed by atoms with E-state index in [4.69, 9.17) is 4.74 Å². The van der Waals surface area contributed by atoms with Crippen molar-refractivity contribution >= 4 is 27.6 Å². The maximum atomic E-state index is 13.8. The number of nitrogens with zero attached hydrogens (tertiary/aromatic N) is 5. The minimum absolute atomic E-state index is 0.0684. The molecule has 39 heavy (non-hydrogen) atoms. The van der Waals surface area contributed by atoms with E-state index in [1.165, 1.54) is 24.4 Å². The zero-order valence-electron chi connectivity index (χ0n) is 21.8. The standard InChI is InChI=1S/C25H33F3N6O4S/c1-39(36,37)30-22-3-8-34(29-22)23(35)32-9-5-24(6-10-32)4-2-7-33(24)18-19-15-20(25(26,27)28)17-21(16-19)31-11-13-38-14-12-31/h3,8,15-17H,2,4-7,9-14,18H2,1H3,(H,29,30). The van der Waals surface area contributed by atoms with Gasteiger partial charge in [0.15, 0.2) is 5.82 Å². The Morgan fingerprint density at radius 3 is 2.46 bits per heavy atom. The second kappa shape index (κ2) is 10.6. The summed E-state index contributed by atoms with van der Waals surface area (Å²) in [7, 11) is -3.51. The summed E-state index contributed by atoms with van der Waals surface area (Å²) in [5, 5.41) is 4.03. The van der Waals surface area contributed by atoms with Gasteiger partial charge in [-0.05, 0) is 56.0 Å². The first-order valence-corrected chi connectivity index (χ1v) is 14.9. The highest BCUT2D eigenvalue weighted by atomic mass is 32.2. The number of carbonyl (C=O) groups excluding carboxylic acids is 1. The van der Waals surface area contributed by atoms with Crippen LogP contribution in [0.5, 0.6) is 0 Å². The minimum Gasteiger partial charge on any atom is -0.378 e. The molecule has 214 valence electrons. The molecule has 14 heteroatoms. The lowest BCUT2D eigenvalue weighted by atomic mass is 9.84. The predicted octanol–water partition coefficient (Wildman–Crippen LogP) is 3.21. The van der Waals surface area contributed by atoms with Crippen LogP contribution in [0, 0.1) is 0 Å². The monoisotopic (exact) mass is 570 g/mol. The molecule has 0 saturated carbocycles. The lowest BCUT2D eigenvalue weighted by Crippen LogP contribution is -2.53. The fourth-order valence-electron chi connectivity index (χ4n) is 5.89. The molecule has 3 aliphatic rings. The molecule has 0 bridgehead atoms. The molecule has 1 amide bonds. The maximum Gasteiger partial charge on any atom is 0.416 e. The number of alkyl halides is 3. The zero-order chi connectivity index (χ0) is 27.8. The highest BCUT2D eigenvalue weighted by molar-refractivity contribution is 7.92. The van der Waals surface area contributed by atoms with Gasteiger partial charge in [-0.2, -0.15) is 17.9 Å². The van der Waals surface area contributed by atoms with E-state index in [9.17, 15) is 26.4 Å². The average molecular weight is 571 g/mol. The average Bonchev–Trinajstić information content (AvgIpc) is 3.50. The third-order valence-electron chi connectivity index (χ3n) is 7.84. The van der Waals surface area contributed by atoms with E-state index < -0.39 is 21.8 Å². The topological polar surface area (TPSA) is 100 Å². The van der Waals surface area contributed by atoms with Gasteiger partial charge in [0.1, 0.15) is 0 Å². The number of anilines is 2. The normalized spacial score (nSPS) is 20.5. The van der Waals surface area contributed by atoms with Crippen molar-refractivity contribution in [3.63, 3.8) is 0 Å². The summed E-state index contributed by atoms with van der Waals surface area (Å²) in [5.74, 6) is 0.0684. The molecule has 0 atom stereocenters. The van der Waals surface area contributed by atoms with Crippen LogP contribution in [0.25, 0.3) is 0 Å². The van der Waals surface area contributed by atoms with E-state index in [-0.39, 0.29) is 17.4 Å². The molecule has 0 aliphatic carbocycles. The Balaban J connectivity index is 1.28. The van der Waals surface area contributed by atoms with Crippen LogP contribution in [0.15, 0.2) is 30.5 Å². The van der Waals surface area contributed by atoms with Crippen molar-refractivity contribution < 1.29 is 31.1 Å². The summed E-state index contributed by atoms with van der Waals surface area (Å²) in [5.41, 5.74) is 0.380. The number of nitrogens with one attached hydrogen (secondary N) is 1. The number of likely N-dealkylation sites (tertiary alicyclic amines) is 2. The fraction of sp³-hybridized carbons (Fsp3) is 0.600.